The van der Waals surface area contributed by atoms with Crippen molar-refractivity contribution < 1.29 is 9.53 Å². The molecule has 0 unspecified atom stereocenters. The highest BCUT2D eigenvalue weighted by molar-refractivity contribution is 14.0. The molecule has 0 spiro atoms. The maximum atomic E-state index is 11.7. The minimum absolute atomic E-state index is 0. The number of aryl methyl sites for hydroxylation is 1. The molecule has 0 bridgehead atoms. The van der Waals surface area contributed by atoms with Crippen molar-refractivity contribution in [3.8, 4) is 0 Å². The molecule has 1 N–H and O–H groups in total. The first-order chi connectivity index (χ1) is 10.6. The van der Waals surface area contributed by atoms with Crippen LogP contribution in [0, 0.1) is 6.92 Å². The summed E-state index contributed by atoms with van der Waals surface area (Å²) in [6, 6.07) is 0. The normalized spacial score (nSPS) is 15.2. The van der Waals surface area contributed by atoms with Gasteiger partial charge in [-0.2, -0.15) is 0 Å². The highest BCUT2D eigenvalue weighted by Gasteiger charge is 2.23. The Morgan fingerprint density at radius 2 is 2.04 bits per heavy atom. The number of guanidine groups is 1. The summed E-state index contributed by atoms with van der Waals surface area (Å²) >= 11 is 1.68. The summed E-state index contributed by atoms with van der Waals surface area (Å²) in [6.07, 6.45) is 1.64. The van der Waals surface area contributed by atoms with Crippen molar-refractivity contribution in [2.45, 2.75) is 20.4 Å². The molecule has 0 atom stereocenters. The first-order valence-electron chi connectivity index (χ1n) is 7.42. The summed E-state index contributed by atoms with van der Waals surface area (Å²) in [5, 5.41) is 4.37. The van der Waals surface area contributed by atoms with E-state index in [0.29, 0.717) is 26.2 Å². The number of thiazole rings is 1. The lowest BCUT2D eigenvalue weighted by Crippen LogP contribution is -2.53. The molecule has 2 rings (SSSR count). The number of halogens is 1. The monoisotopic (exact) mass is 453 g/mol. The molecule has 1 fully saturated rings. The number of amides is 1. The van der Waals surface area contributed by atoms with E-state index in [1.54, 1.807) is 23.3 Å². The van der Waals surface area contributed by atoms with Crippen LogP contribution in [0.2, 0.25) is 0 Å². The predicted octanol–water partition coefficient (Wildman–Crippen LogP) is 1.92. The summed E-state index contributed by atoms with van der Waals surface area (Å²) in [6.45, 7) is 7.74. The molecule has 1 saturated heterocycles. The second-order valence-electron chi connectivity index (χ2n) is 4.94. The number of carbonyl (C=O) groups is 1. The molecule has 1 aromatic heterocycles. The number of aliphatic imine (C=N–C) groups is 1. The quantitative estimate of drug-likeness (QED) is 0.430. The van der Waals surface area contributed by atoms with E-state index < -0.39 is 0 Å². The van der Waals surface area contributed by atoms with Crippen LogP contribution in [0.15, 0.2) is 11.2 Å². The molecule has 1 aliphatic heterocycles. The first kappa shape index (κ1) is 19.9. The van der Waals surface area contributed by atoms with Crippen molar-refractivity contribution in [1.29, 1.82) is 0 Å². The van der Waals surface area contributed by atoms with E-state index in [2.05, 4.69) is 20.2 Å². The summed E-state index contributed by atoms with van der Waals surface area (Å²) in [5.74, 6) is 0.844. The van der Waals surface area contributed by atoms with Crippen LogP contribution in [-0.2, 0) is 11.3 Å². The minimum Gasteiger partial charge on any atom is -0.450 e. The third-order valence-corrected chi connectivity index (χ3v) is 4.30. The Morgan fingerprint density at radius 3 is 2.57 bits per heavy atom. The van der Waals surface area contributed by atoms with Crippen molar-refractivity contribution in [2.75, 3.05) is 39.8 Å². The van der Waals surface area contributed by atoms with E-state index >= 15 is 0 Å². The van der Waals surface area contributed by atoms with Gasteiger partial charge in [-0.1, -0.05) is 0 Å². The van der Waals surface area contributed by atoms with Crippen molar-refractivity contribution in [3.63, 3.8) is 0 Å². The molecule has 23 heavy (non-hydrogen) atoms. The predicted molar refractivity (Wildman–Crippen MR) is 103 cm³/mol. The van der Waals surface area contributed by atoms with E-state index in [9.17, 15) is 4.79 Å². The lowest BCUT2D eigenvalue weighted by atomic mass is 10.3. The van der Waals surface area contributed by atoms with Crippen LogP contribution in [0.5, 0.6) is 0 Å². The van der Waals surface area contributed by atoms with Gasteiger partial charge in [0, 0.05) is 44.3 Å². The number of aromatic nitrogens is 1. The first-order valence-corrected chi connectivity index (χ1v) is 8.24. The lowest BCUT2D eigenvalue weighted by Gasteiger charge is -2.35. The Bertz CT molecular complexity index is 529. The van der Waals surface area contributed by atoms with E-state index in [1.807, 2.05) is 20.0 Å². The van der Waals surface area contributed by atoms with Crippen LogP contribution in [0.1, 0.15) is 16.8 Å². The van der Waals surface area contributed by atoms with Crippen LogP contribution in [0.3, 0.4) is 0 Å². The zero-order chi connectivity index (χ0) is 15.9. The zero-order valence-corrected chi connectivity index (χ0v) is 16.9. The molecule has 0 radical (unpaired) electrons. The topological polar surface area (TPSA) is 70.1 Å². The lowest BCUT2D eigenvalue weighted by molar-refractivity contribution is 0.0914. The fourth-order valence-corrected chi connectivity index (χ4v) is 3.01. The summed E-state index contributed by atoms with van der Waals surface area (Å²) < 4.78 is 5.03. The van der Waals surface area contributed by atoms with Crippen molar-refractivity contribution in [3.05, 3.63) is 16.1 Å². The number of hydrogen-bond acceptors (Lipinski definition) is 5. The highest BCUT2D eigenvalue weighted by Crippen LogP contribution is 2.11. The number of hydrogen-bond donors (Lipinski definition) is 1. The molecule has 130 valence electrons. The molecule has 1 amide bonds. The molecule has 2 heterocycles. The van der Waals surface area contributed by atoms with Crippen molar-refractivity contribution in [1.82, 2.24) is 20.1 Å². The van der Waals surface area contributed by atoms with Gasteiger partial charge in [-0.3, -0.25) is 4.99 Å². The van der Waals surface area contributed by atoms with E-state index in [-0.39, 0.29) is 30.1 Å². The summed E-state index contributed by atoms with van der Waals surface area (Å²) in [4.78, 5) is 25.4. The van der Waals surface area contributed by atoms with Gasteiger partial charge >= 0.3 is 6.09 Å². The molecule has 1 aliphatic rings. The second kappa shape index (κ2) is 9.91. The Balaban J connectivity index is 0.00000264. The Kier molecular flexibility index (Phi) is 8.59. The zero-order valence-electron chi connectivity index (χ0n) is 13.7. The largest absolute Gasteiger partial charge is 0.450 e. The molecule has 0 saturated carbocycles. The van der Waals surface area contributed by atoms with Crippen LogP contribution in [0.4, 0.5) is 4.79 Å². The molecule has 1 aromatic rings. The van der Waals surface area contributed by atoms with E-state index in [0.717, 1.165) is 24.1 Å². The Morgan fingerprint density at radius 1 is 1.39 bits per heavy atom. The van der Waals surface area contributed by atoms with Gasteiger partial charge in [-0.25, -0.2) is 9.78 Å². The van der Waals surface area contributed by atoms with Gasteiger partial charge in [0.2, 0.25) is 0 Å². The third kappa shape index (κ3) is 5.79. The van der Waals surface area contributed by atoms with Crippen LogP contribution >= 0.6 is 35.3 Å². The number of carbonyl (C=O) groups excluding carboxylic acids is 1. The van der Waals surface area contributed by atoms with Gasteiger partial charge < -0.3 is 19.9 Å². The average molecular weight is 453 g/mol. The standard InChI is InChI=1S/C14H23N5O2S.HI/c1-4-21-14(20)19-7-5-18(6-8-19)13(15-3)17-10-12-16-9-11(2)22-12;/h9H,4-8,10H2,1-3H3,(H,15,17);1H. The van der Waals surface area contributed by atoms with Gasteiger partial charge in [0.05, 0.1) is 13.2 Å². The minimum atomic E-state index is -0.233. The number of nitrogens with zero attached hydrogens (tertiary/aromatic N) is 4. The molecule has 9 heteroatoms. The molecule has 0 aliphatic carbocycles. The van der Waals surface area contributed by atoms with Crippen LogP contribution < -0.4 is 5.32 Å². The molecular formula is C14H24IN5O2S. The maximum Gasteiger partial charge on any atom is 0.409 e. The van der Waals surface area contributed by atoms with Gasteiger partial charge in [-0.15, -0.1) is 35.3 Å². The average Bonchev–Trinajstić information content (AvgIpc) is 2.94. The fraction of sp³-hybridized carbons (Fsp3) is 0.643. The smallest absolute Gasteiger partial charge is 0.409 e. The fourth-order valence-electron chi connectivity index (χ4n) is 2.29. The number of piperazine rings is 1. The Hall–Kier alpha value is -1.10. The number of nitrogens with one attached hydrogen (secondary N) is 1. The van der Waals surface area contributed by atoms with Crippen LogP contribution in [-0.4, -0.2) is 66.7 Å². The molecular weight excluding hydrogens is 429 g/mol. The summed E-state index contributed by atoms with van der Waals surface area (Å²) in [5.41, 5.74) is 0. The number of rotatable bonds is 3. The van der Waals surface area contributed by atoms with E-state index in [1.165, 1.54) is 4.88 Å². The third-order valence-electron chi connectivity index (χ3n) is 3.38. The van der Waals surface area contributed by atoms with Crippen LogP contribution in [0.25, 0.3) is 0 Å². The van der Waals surface area contributed by atoms with Gasteiger partial charge in [0.15, 0.2) is 5.96 Å². The van der Waals surface area contributed by atoms with E-state index in [4.69, 9.17) is 4.74 Å². The molecule has 7 nitrogen and oxygen atoms in total. The van der Waals surface area contributed by atoms with Gasteiger partial charge in [-0.05, 0) is 13.8 Å². The second-order valence-corrected chi connectivity index (χ2v) is 6.26. The summed E-state index contributed by atoms with van der Waals surface area (Å²) in [7, 11) is 1.77. The Labute approximate surface area is 158 Å². The SMILES string of the molecule is CCOC(=O)N1CCN(C(=NC)NCc2ncc(C)s2)CC1.I. The van der Waals surface area contributed by atoms with Gasteiger partial charge in [0.25, 0.3) is 0 Å². The van der Waals surface area contributed by atoms with Crippen molar-refractivity contribution >= 4 is 47.4 Å². The van der Waals surface area contributed by atoms with Gasteiger partial charge in [0.1, 0.15) is 5.01 Å². The molecule has 0 aromatic carbocycles. The van der Waals surface area contributed by atoms with Crippen molar-refractivity contribution in [2.24, 2.45) is 4.99 Å². The maximum absolute atomic E-state index is 11.7. The number of ether oxygens (including phenoxy) is 1. The highest BCUT2D eigenvalue weighted by atomic mass is 127.